The fraction of sp³-hybridized carbons (Fsp3) is 0.538. The summed E-state index contributed by atoms with van der Waals surface area (Å²) in [5.74, 6) is 0.126. The number of rotatable bonds is 5. The molecule has 0 radical (unpaired) electrons. The molecule has 3 rings (SSSR count). The van der Waals surface area contributed by atoms with Gasteiger partial charge in [-0.2, -0.15) is 0 Å². The second-order valence-electron chi connectivity index (χ2n) is 5.29. The topological polar surface area (TPSA) is 116 Å². The SMILES string of the molecule is CCOc1nccn2c(CNC(=O)C3CCS(=O)(=O)C3)nnc12. The highest BCUT2D eigenvalue weighted by Gasteiger charge is 2.32. The number of sulfone groups is 1. The van der Waals surface area contributed by atoms with Crippen LogP contribution in [0.1, 0.15) is 19.2 Å². The van der Waals surface area contributed by atoms with Gasteiger partial charge in [0.15, 0.2) is 15.7 Å². The molecule has 3 heterocycles. The summed E-state index contributed by atoms with van der Waals surface area (Å²) < 4.78 is 29.9. The number of ether oxygens (including phenoxy) is 1. The normalized spacial score (nSPS) is 19.8. The predicted octanol–water partition coefficient (Wildman–Crippen LogP) is -0.426. The van der Waals surface area contributed by atoms with Crippen LogP contribution in [0.2, 0.25) is 0 Å². The van der Waals surface area contributed by atoms with E-state index in [0.717, 1.165) is 0 Å². The average molecular weight is 339 g/mol. The lowest BCUT2D eigenvalue weighted by atomic mass is 10.1. The van der Waals surface area contributed by atoms with Gasteiger partial charge >= 0.3 is 0 Å². The van der Waals surface area contributed by atoms with Gasteiger partial charge < -0.3 is 10.1 Å². The summed E-state index contributed by atoms with van der Waals surface area (Å²) in [6.45, 7) is 2.46. The molecule has 0 bridgehead atoms. The van der Waals surface area contributed by atoms with Crippen LogP contribution in [0.5, 0.6) is 5.88 Å². The van der Waals surface area contributed by atoms with E-state index in [1.807, 2.05) is 6.92 Å². The number of hydrogen-bond acceptors (Lipinski definition) is 7. The van der Waals surface area contributed by atoms with E-state index in [0.29, 0.717) is 30.4 Å². The third-order valence-corrected chi connectivity index (χ3v) is 5.44. The zero-order valence-electron chi connectivity index (χ0n) is 12.6. The quantitative estimate of drug-likeness (QED) is 0.786. The maximum atomic E-state index is 12.1. The van der Waals surface area contributed by atoms with Gasteiger partial charge in [-0.15, -0.1) is 10.2 Å². The van der Waals surface area contributed by atoms with Gasteiger partial charge in [-0.05, 0) is 13.3 Å². The lowest BCUT2D eigenvalue weighted by Gasteiger charge is -2.08. The molecule has 1 aliphatic rings. The third kappa shape index (κ3) is 3.26. The molecule has 1 amide bonds. The fourth-order valence-electron chi connectivity index (χ4n) is 2.52. The van der Waals surface area contributed by atoms with Gasteiger partial charge in [0, 0.05) is 12.4 Å². The number of carbonyl (C=O) groups is 1. The zero-order chi connectivity index (χ0) is 16.4. The number of nitrogens with one attached hydrogen (secondary N) is 1. The Morgan fingerprint density at radius 3 is 3.00 bits per heavy atom. The minimum atomic E-state index is -3.08. The molecule has 0 aliphatic carbocycles. The lowest BCUT2D eigenvalue weighted by molar-refractivity contribution is -0.124. The molecule has 1 N–H and O–H groups in total. The Bertz CT molecular complexity index is 832. The molecule has 2 aromatic heterocycles. The van der Waals surface area contributed by atoms with E-state index < -0.39 is 15.8 Å². The second kappa shape index (κ2) is 6.11. The Balaban J connectivity index is 1.70. The van der Waals surface area contributed by atoms with Crippen LogP contribution in [-0.2, 0) is 21.2 Å². The first-order valence-corrected chi connectivity index (χ1v) is 9.12. The first-order valence-electron chi connectivity index (χ1n) is 7.29. The van der Waals surface area contributed by atoms with E-state index in [1.165, 1.54) is 0 Å². The van der Waals surface area contributed by atoms with Gasteiger partial charge in [0.25, 0.3) is 5.88 Å². The Morgan fingerprint density at radius 1 is 1.48 bits per heavy atom. The van der Waals surface area contributed by atoms with Crippen LogP contribution < -0.4 is 10.1 Å². The molecular weight excluding hydrogens is 322 g/mol. The summed E-state index contributed by atoms with van der Waals surface area (Å²) in [7, 11) is -3.08. The van der Waals surface area contributed by atoms with Crippen LogP contribution >= 0.6 is 0 Å². The molecule has 2 aromatic rings. The molecule has 0 saturated carbocycles. The first kappa shape index (κ1) is 15.7. The molecule has 9 nitrogen and oxygen atoms in total. The predicted molar refractivity (Wildman–Crippen MR) is 80.6 cm³/mol. The maximum Gasteiger partial charge on any atom is 0.260 e. The van der Waals surface area contributed by atoms with E-state index in [4.69, 9.17) is 4.74 Å². The Morgan fingerprint density at radius 2 is 2.30 bits per heavy atom. The monoisotopic (exact) mass is 339 g/mol. The molecule has 1 unspecified atom stereocenters. The summed E-state index contributed by atoms with van der Waals surface area (Å²) in [6.07, 6.45) is 3.61. The lowest BCUT2D eigenvalue weighted by Crippen LogP contribution is -2.31. The van der Waals surface area contributed by atoms with Gasteiger partial charge in [-0.1, -0.05) is 0 Å². The molecule has 124 valence electrons. The molecule has 23 heavy (non-hydrogen) atoms. The summed E-state index contributed by atoms with van der Waals surface area (Å²) in [4.78, 5) is 16.1. The van der Waals surface area contributed by atoms with Crippen molar-refractivity contribution in [1.29, 1.82) is 0 Å². The Labute approximate surface area is 133 Å². The van der Waals surface area contributed by atoms with E-state index in [1.54, 1.807) is 16.8 Å². The largest absolute Gasteiger partial charge is 0.475 e. The Hall–Kier alpha value is -2.23. The number of carbonyl (C=O) groups excluding carboxylic acids is 1. The molecule has 1 atom stereocenters. The Kier molecular flexibility index (Phi) is 4.16. The van der Waals surface area contributed by atoms with Crippen LogP contribution in [0.15, 0.2) is 12.4 Å². The van der Waals surface area contributed by atoms with Gasteiger partial charge in [-0.3, -0.25) is 9.20 Å². The minimum Gasteiger partial charge on any atom is -0.475 e. The van der Waals surface area contributed by atoms with Crippen molar-refractivity contribution >= 4 is 21.4 Å². The van der Waals surface area contributed by atoms with Crippen LogP contribution in [0.3, 0.4) is 0 Å². The van der Waals surface area contributed by atoms with Crippen molar-refractivity contribution in [2.75, 3.05) is 18.1 Å². The number of hydrogen-bond donors (Lipinski definition) is 1. The van der Waals surface area contributed by atoms with Gasteiger partial charge in [0.2, 0.25) is 11.6 Å². The highest BCUT2D eigenvalue weighted by molar-refractivity contribution is 7.91. The number of aromatic nitrogens is 4. The highest BCUT2D eigenvalue weighted by Crippen LogP contribution is 2.19. The standard InChI is InChI=1S/C13H17N5O4S/c1-2-22-13-11-17-16-10(18(11)5-4-14-13)7-15-12(19)9-3-6-23(20,21)8-9/h4-5,9H,2-3,6-8H2,1H3,(H,15,19). The van der Waals surface area contributed by atoms with Crippen LogP contribution in [0, 0.1) is 5.92 Å². The van der Waals surface area contributed by atoms with E-state index >= 15 is 0 Å². The number of fused-ring (bicyclic) bond motifs is 1. The van der Waals surface area contributed by atoms with Crippen molar-refractivity contribution in [3.63, 3.8) is 0 Å². The minimum absolute atomic E-state index is 0.0718. The molecule has 0 aromatic carbocycles. The number of nitrogens with zero attached hydrogens (tertiary/aromatic N) is 4. The summed E-state index contributed by atoms with van der Waals surface area (Å²) in [5, 5.41) is 10.8. The van der Waals surface area contributed by atoms with Crippen molar-refractivity contribution in [2.24, 2.45) is 5.92 Å². The summed E-state index contributed by atoms with van der Waals surface area (Å²) in [6, 6.07) is 0. The van der Waals surface area contributed by atoms with E-state index in [-0.39, 0.29) is 24.0 Å². The smallest absolute Gasteiger partial charge is 0.260 e. The van der Waals surface area contributed by atoms with Gasteiger partial charge in [0.05, 0.1) is 30.6 Å². The molecular formula is C13H17N5O4S. The third-order valence-electron chi connectivity index (χ3n) is 3.67. The second-order valence-corrected chi connectivity index (χ2v) is 7.52. The van der Waals surface area contributed by atoms with Crippen LogP contribution in [-0.4, -0.2) is 52.0 Å². The van der Waals surface area contributed by atoms with Crippen molar-refractivity contribution in [3.05, 3.63) is 18.2 Å². The first-order chi connectivity index (χ1) is 11.0. The van der Waals surface area contributed by atoms with Crippen LogP contribution in [0.4, 0.5) is 0 Å². The summed E-state index contributed by atoms with van der Waals surface area (Å²) in [5.41, 5.74) is 0.474. The fourth-order valence-corrected chi connectivity index (χ4v) is 4.26. The van der Waals surface area contributed by atoms with Crippen molar-refractivity contribution < 1.29 is 17.9 Å². The van der Waals surface area contributed by atoms with Crippen molar-refractivity contribution in [1.82, 2.24) is 24.9 Å². The zero-order valence-corrected chi connectivity index (χ0v) is 13.4. The average Bonchev–Trinajstić information content (AvgIpc) is 3.09. The van der Waals surface area contributed by atoms with Crippen LogP contribution in [0.25, 0.3) is 5.65 Å². The summed E-state index contributed by atoms with van der Waals surface area (Å²) >= 11 is 0. The molecule has 1 saturated heterocycles. The van der Waals surface area contributed by atoms with E-state index in [2.05, 4.69) is 20.5 Å². The van der Waals surface area contributed by atoms with Crippen molar-refractivity contribution in [2.45, 2.75) is 19.9 Å². The van der Waals surface area contributed by atoms with Gasteiger partial charge in [0.1, 0.15) is 0 Å². The maximum absolute atomic E-state index is 12.1. The van der Waals surface area contributed by atoms with E-state index in [9.17, 15) is 13.2 Å². The molecule has 0 spiro atoms. The van der Waals surface area contributed by atoms with Gasteiger partial charge in [-0.25, -0.2) is 13.4 Å². The molecule has 1 aliphatic heterocycles. The molecule has 10 heteroatoms. The number of amides is 1. The highest BCUT2D eigenvalue weighted by atomic mass is 32.2. The van der Waals surface area contributed by atoms with Crippen molar-refractivity contribution in [3.8, 4) is 5.88 Å². The molecule has 1 fully saturated rings.